The molecule has 8 heteroatoms. The van der Waals surface area contributed by atoms with Gasteiger partial charge in [-0.05, 0) is 26.1 Å². The fourth-order valence-electron chi connectivity index (χ4n) is 2.17. The maximum atomic E-state index is 12.7. The van der Waals surface area contributed by atoms with Crippen LogP contribution in [0.3, 0.4) is 0 Å². The van der Waals surface area contributed by atoms with Gasteiger partial charge in [-0.2, -0.15) is 5.10 Å². The van der Waals surface area contributed by atoms with Crippen LogP contribution in [0.4, 0.5) is 0 Å². The van der Waals surface area contributed by atoms with Crippen LogP contribution >= 0.6 is 35.3 Å². The maximum Gasteiger partial charge on any atom is 0.244 e. The van der Waals surface area contributed by atoms with Crippen molar-refractivity contribution in [2.24, 2.45) is 7.05 Å². The van der Waals surface area contributed by atoms with E-state index in [-0.39, 0.29) is 24.4 Å². The van der Waals surface area contributed by atoms with Crippen LogP contribution < -0.4 is 5.32 Å². The first kappa shape index (κ1) is 19.0. The van der Waals surface area contributed by atoms with Crippen molar-refractivity contribution < 1.29 is 4.79 Å². The van der Waals surface area contributed by atoms with Crippen LogP contribution in [0.5, 0.6) is 0 Å². The van der Waals surface area contributed by atoms with E-state index in [0.717, 1.165) is 14.8 Å². The van der Waals surface area contributed by atoms with Gasteiger partial charge in [0.1, 0.15) is 6.04 Å². The Labute approximate surface area is 145 Å². The SMILES string of the molecule is CCN(Cc1ccc(Cl)s1)C(=O)C(NC)c1cnn(C)c1.Cl. The van der Waals surface area contributed by atoms with Gasteiger partial charge in [-0.1, -0.05) is 11.6 Å². The van der Waals surface area contributed by atoms with Crippen LogP contribution in [0.25, 0.3) is 0 Å². The molecule has 0 bridgehead atoms. The maximum absolute atomic E-state index is 12.7. The fourth-order valence-corrected chi connectivity index (χ4v) is 3.28. The van der Waals surface area contributed by atoms with E-state index in [2.05, 4.69) is 10.4 Å². The molecule has 2 aromatic rings. The van der Waals surface area contributed by atoms with Crippen molar-refractivity contribution in [1.82, 2.24) is 20.0 Å². The molecule has 0 aliphatic carbocycles. The van der Waals surface area contributed by atoms with Crippen molar-refractivity contribution in [1.29, 1.82) is 0 Å². The summed E-state index contributed by atoms with van der Waals surface area (Å²) in [4.78, 5) is 15.6. The quantitative estimate of drug-likeness (QED) is 0.859. The molecule has 22 heavy (non-hydrogen) atoms. The molecule has 122 valence electrons. The average molecular weight is 363 g/mol. The molecule has 0 fully saturated rings. The molecule has 1 atom stereocenters. The Bertz CT molecular complexity index is 614. The average Bonchev–Trinajstić information content (AvgIpc) is 3.06. The first-order valence-electron chi connectivity index (χ1n) is 6.74. The van der Waals surface area contributed by atoms with Gasteiger partial charge < -0.3 is 10.2 Å². The number of likely N-dealkylation sites (N-methyl/N-ethyl adjacent to an activating group) is 2. The van der Waals surface area contributed by atoms with Gasteiger partial charge in [0.15, 0.2) is 0 Å². The summed E-state index contributed by atoms with van der Waals surface area (Å²) < 4.78 is 2.44. The van der Waals surface area contributed by atoms with Gasteiger partial charge in [-0.3, -0.25) is 9.48 Å². The second-order valence-electron chi connectivity index (χ2n) is 4.73. The number of carbonyl (C=O) groups is 1. The Morgan fingerprint density at radius 3 is 2.73 bits per heavy atom. The van der Waals surface area contributed by atoms with Crippen LogP contribution in [0.1, 0.15) is 23.4 Å². The Morgan fingerprint density at radius 1 is 1.55 bits per heavy atom. The molecule has 1 N–H and O–H groups in total. The Hall–Kier alpha value is -1.08. The zero-order valence-corrected chi connectivity index (χ0v) is 15.1. The predicted octanol–water partition coefficient (Wildman–Crippen LogP) is 2.87. The predicted molar refractivity (Wildman–Crippen MR) is 92.7 cm³/mol. The normalized spacial score (nSPS) is 11.8. The number of carbonyl (C=O) groups excluding carboxylic acids is 1. The van der Waals surface area contributed by atoms with Gasteiger partial charge in [-0.15, -0.1) is 23.7 Å². The highest BCUT2D eigenvalue weighted by atomic mass is 35.5. The summed E-state index contributed by atoms with van der Waals surface area (Å²) in [7, 11) is 3.62. The zero-order chi connectivity index (χ0) is 15.4. The third kappa shape index (κ3) is 4.46. The Morgan fingerprint density at radius 2 is 2.27 bits per heavy atom. The second-order valence-corrected chi connectivity index (χ2v) is 6.53. The first-order chi connectivity index (χ1) is 10.0. The Kier molecular flexibility index (Phi) is 7.35. The zero-order valence-electron chi connectivity index (χ0n) is 12.7. The molecule has 5 nitrogen and oxygen atoms in total. The lowest BCUT2D eigenvalue weighted by atomic mass is 10.1. The largest absolute Gasteiger partial charge is 0.336 e. The molecule has 0 saturated heterocycles. The van der Waals surface area contributed by atoms with Gasteiger partial charge >= 0.3 is 0 Å². The lowest BCUT2D eigenvalue weighted by Crippen LogP contribution is -2.39. The topological polar surface area (TPSA) is 50.2 Å². The van der Waals surface area contributed by atoms with Crippen LogP contribution in [-0.4, -0.2) is 34.2 Å². The third-order valence-electron chi connectivity index (χ3n) is 3.26. The number of hydrogen-bond acceptors (Lipinski definition) is 4. The molecule has 2 aromatic heterocycles. The van der Waals surface area contributed by atoms with Gasteiger partial charge in [0, 0.05) is 30.2 Å². The number of aromatic nitrogens is 2. The monoisotopic (exact) mass is 362 g/mol. The summed E-state index contributed by atoms with van der Waals surface area (Å²) in [5, 5.41) is 7.20. The number of nitrogens with one attached hydrogen (secondary N) is 1. The van der Waals surface area contributed by atoms with Crippen molar-refractivity contribution in [3.63, 3.8) is 0 Å². The van der Waals surface area contributed by atoms with E-state index in [1.807, 2.05) is 37.2 Å². The number of amides is 1. The highest BCUT2D eigenvalue weighted by molar-refractivity contribution is 7.16. The van der Waals surface area contributed by atoms with E-state index < -0.39 is 0 Å². The molecule has 0 spiro atoms. The summed E-state index contributed by atoms with van der Waals surface area (Å²) in [6.07, 6.45) is 3.57. The lowest BCUT2D eigenvalue weighted by Gasteiger charge is -2.25. The molecule has 0 aromatic carbocycles. The fraction of sp³-hybridized carbons (Fsp3) is 0.429. The summed E-state index contributed by atoms with van der Waals surface area (Å²) in [6.45, 7) is 3.20. The van der Waals surface area contributed by atoms with E-state index in [1.165, 1.54) is 11.3 Å². The van der Waals surface area contributed by atoms with Gasteiger partial charge in [-0.25, -0.2) is 0 Å². The van der Waals surface area contributed by atoms with Crippen molar-refractivity contribution in [2.75, 3.05) is 13.6 Å². The lowest BCUT2D eigenvalue weighted by molar-refractivity contribution is -0.133. The molecule has 0 aliphatic rings. The van der Waals surface area contributed by atoms with Crippen molar-refractivity contribution in [3.05, 3.63) is 39.3 Å². The minimum Gasteiger partial charge on any atom is -0.336 e. The van der Waals surface area contributed by atoms with E-state index in [9.17, 15) is 4.79 Å². The van der Waals surface area contributed by atoms with Gasteiger partial charge in [0.25, 0.3) is 0 Å². The van der Waals surface area contributed by atoms with Crippen molar-refractivity contribution in [2.45, 2.75) is 19.5 Å². The molecular formula is C14H20Cl2N4OS. The van der Waals surface area contributed by atoms with E-state index >= 15 is 0 Å². The molecular weight excluding hydrogens is 343 g/mol. The van der Waals surface area contributed by atoms with Gasteiger partial charge in [0.2, 0.25) is 5.91 Å². The Balaban J connectivity index is 0.00000242. The van der Waals surface area contributed by atoms with Crippen LogP contribution in [0.15, 0.2) is 24.5 Å². The molecule has 2 rings (SSSR count). The molecule has 0 aliphatic heterocycles. The highest BCUT2D eigenvalue weighted by Gasteiger charge is 2.25. The summed E-state index contributed by atoms with van der Waals surface area (Å²) in [5.41, 5.74) is 0.868. The van der Waals surface area contributed by atoms with E-state index in [0.29, 0.717) is 13.1 Å². The minimum atomic E-state index is -0.380. The number of hydrogen-bond donors (Lipinski definition) is 1. The molecule has 1 amide bonds. The molecule has 0 saturated carbocycles. The number of thiophene rings is 1. The van der Waals surface area contributed by atoms with E-state index in [4.69, 9.17) is 11.6 Å². The molecule has 0 radical (unpaired) electrons. The van der Waals surface area contributed by atoms with Crippen molar-refractivity contribution in [3.8, 4) is 0 Å². The summed E-state index contributed by atoms with van der Waals surface area (Å²) in [6, 6.07) is 3.44. The number of halogens is 2. The van der Waals surface area contributed by atoms with Crippen LogP contribution in [0, 0.1) is 0 Å². The minimum absolute atomic E-state index is 0. The van der Waals surface area contributed by atoms with E-state index in [1.54, 1.807) is 17.9 Å². The summed E-state index contributed by atoms with van der Waals surface area (Å²) >= 11 is 7.45. The molecule has 2 heterocycles. The second kappa shape index (κ2) is 8.53. The summed E-state index contributed by atoms with van der Waals surface area (Å²) in [5.74, 6) is 0.0394. The van der Waals surface area contributed by atoms with Crippen LogP contribution in [-0.2, 0) is 18.4 Å². The number of rotatable bonds is 6. The van der Waals surface area contributed by atoms with Crippen molar-refractivity contribution >= 4 is 41.3 Å². The van der Waals surface area contributed by atoms with Gasteiger partial charge in [0.05, 0.1) is 17.1 Å². The number of nitrogens with zero attached hydrogens (tertiary/aromatic N) is 3. The standard InChI is InChI=1S/C14H19ClN4OS.ClH/c1-4-19(9-11-5-6-12(15)21-11)14(20)13(16-2)10-7-17-18(3)8-10;/h5-8,13,16H,4,9H2,1-3H3;1H. The smallest absolute Gasteiger partial charge is 0.244 e. The molecule has 1 unspecified atom stereocenters. The third-order valence-corrected chi connectivity index (χ3v) is 4.48. The van der Waals surface area contributed by atoms with Crippen LogP contribution in [0.2, 0.25) is 4.34 Å². The number of aryl methyl sites for hydroxylation is 1. The highest BCUT2D eigenvalue weighted by Crippen LogP contribution is 2.24. The first-order valence-corrected chi connectivity index (χ1v) is 7.93.